The quantitative estimate of drug-likeness (QED) is 0.570. The molecule has 0 aromatic heterocycles. The normalized spacial score (nSPS) is 11.1. The van der Waals surface area contributed by atoms with Crippen LogP contribution in [0.1, 0.15) is 23.1 Å². The molecule has 1 N–H and O–H groups in total. The number of hydrogen-bond donors (Lipinski definition) is 1. The van der Waals surface area contributed by atoms with Crippen molar-refractivity contribution in [3.8, 4) is 0 Å². The van der Waals surface area contributed by atoms with E-state index in [0.29, 0.717) is 0 Å². The predicted octanol–water partition coefficient (Wildman–Crippen LogP) is 1.29. The molecule has 0 saturated heterocycles. The standard InChI is InChI=1S/C24H28OP.BrH/c1-19-11-4-7-14-22(19)26(18-10-17-25,23-15-8-5-12-20(23)2)24-16-9-6-13-21(24)3;/h4-9,11-16,25H,10,17-18H2,1-3H3;1H/q+1;/p-1. The van der Waals surface area contributed by atoms with Gasteiger partial charge in [0.2, 0.25) is 0 Å². The van der Waals surface area contributed by atoms with Gasteiger partial charge in [-0.1, -0.05) is 54.6 Å². The van der Waals surface area contributed by atoms with Gasteiger partial charge in [-0.2, -0.15) is 0 Å². The fourth-order valence-electron chi connectivity index (χ4n) is 4.03. The summed E-state index contributed by atoms with van der Waals surface area (Å²) in [5, 5.41) is 14.0. The molecule has 0 fully saturated rings. The van der Waals surface area contributed by atoms with Crippen molar-refractivity contribution in [2.45, 2.75) is 27.2 Å². The Morgan fingerprint density at radius 2 is 0.963 bits per heavy atom. The number of benzene rings is 3. The van der Waals surface area contributed by atoms with Crippen molar-refractivity contribution in [3.05, 3.63) is 89.5 Å². The first kappa shape index (κ1) is 21.8. The maximum Gasteiger partial charge on any atom is 0.113 e. The van der Waals surface area contributed by atoms with E-state index in [0.717, 1.165) is 12.6 Å². The molecule has 0 aliphatic rings. The van der Waals surface area contributed by atoms with E-state index in [9.17, 15) is 5.11 Å². The van der Waals surface area contributed by atoms with E-state index in [4.69, 9.17) is 0 Å². The summed E-state index contributed by atoms with van der Waals surface area (Å²) in [7, 11) is -1.84. The molecule has 0 saturated carbocycles. The molecule has 0 atom stereocenters. The Bertz CT molecular complexity index is 780. The van der Waals surface area contributed by atoms with Gasteiger partial charge in [0, 0.05) is 13.0 Å². The minimum Gasteiger partial charge on any atom is -1.00 e. The molecule has 0 spiro atoms. The summed E-state index contributed by atoms with van der Waals surface area (Å²) in [4.78, 5) is 0. The molecule has 3 aromatic carbocycles. The number of aliphatic hydroxyl groups excluding tert-OH is 1. The summed E-state index contributed by atoms with van der Waals surface area (Å²) in [6.45, 7) is 6.89. The van der Waals surface area contributed by atoms with Gasteiger partial charge < -0.3 is 22.1 Å². The van der Waals surface area contributed by atoms with Crippen LogP contribution in [-0.4, -0.2) is 17.9 Å². The molecule has 0 radical (unpaired) electrons. The lowest BCUT2D eigenvalue weighted by Crippen LogP contribution is -3.00. The average Bonchev–Trinajstić information content (AvgIpc) is 2.65. The third-order valence-corrected chi connectivity index (χ3v) is 10.2. The minimum atomic E-state index is -1.84. The molecule has 27 heavy (non-hydrogen) atoms. The Balaban J connectivity index is 0.00000261. The van der Waals surface area contributed by atoms with Gasteiger partial charge in [-0.05, 0) is 55.7 Å². The molecule has 0 bridgehead atoms. The maximum absolute atomic E-state index is 9.70. The first-order valence-electron chi connectivity index (χ1n) is 9.29. The molecule has 0 amide bonds. The summed E-state index contributed by atoms with van der Waals surface area (Å²) in [5.41, 5.74) is 4.01. The van der Waals surface area contributed by atoms with Gasteiger partial charge in [-0.15, -0.1) is 0 Å². The lowest BCUT2D eigenvalue weighted by atomic mass is 10.2. The molecule has 0 aliphatic heterocycles. The van der Waals surface area contributed by atoms with Gasteiger partial charge in [0.25, 0.3) is 0 Å². The van der Waals surface area contributed by atoms with Crippen LogP contribution in [0.4, 0.5) is 0 Å². The molecular weight excluding hydrogens is 415 g/mol. The van der Waals surface area contributed by atoms with Crippen LogP contribution in [-0.2, 0) is 0 Å². The molecule has 0 aliphatic carbocycles. The van der Waals surface area contributed by atoms with Crippen molar-refractivity contribution >= 4 is 23.2 Å². The van der Waals surface area contributed by atoms with Crippen molar-refractivity contribution in [2.24, 2.45) is 0 Å². The van der Waals surface area contributed by atoms with E-state index >= 15 is 0 Å². The third kappa shape index (κ3) is 4.19. The second-order valence-corrected chi connectivity index (χ2v) is 10.5. The Labute approximate surface area is 174 Å². The average molecular weight is 443 g/mol. The van der Waals surface area contributed by atoms with Crippen molar-refractivity contribution in [1.82, 2.24) is 0 Å². The highest BCUT2D eigenvalue weighted by Gasteiger charge is 2.47. The smallest absolute Gasteiger partial charge is 0.113 e. The largest absolute Gasteiger partial charge is 1.00 e. The molecule has 3 aromatic rings. The molecule has 3 rings (SSSR count). The SMILES string of the molecule is Cc1ccccc1[P+](CCCO)(c1ccccc1C)c1ccccc1C.[Br-]. The first-order valence-corrected chi connectivity index (χ1v) is 11.3. The van der Waals surface area contributed by atoms with Crippen LogP contribution in [0.15, 0.2) is 72.8 Å². The lowest BCUT2D eigenvalue weighted by Gasteiger charge is -2.31. The number of aryl methyl sites for hydroxylation is 3. The molecule has 1 nitrogen and oxygen atoms in total. The van der Waals surface area contributed by atoms with Crippen LogP contribution >= 0.6 is 7.26 Å². The van der Waals surface area contributed by atoms with E-state index in [1.807, 2.05) is 0 Å². The maximum atomic E-state index is 9.70. The van der Waals surface area contributed by atoms with Crippen molar-refractivity contribution in [2.75, 3.05) is 12.8 Å². The fraction of sp³-hybridized carbons (Fsp3) is 0.250. The van der Waals surface area contributed by atoms with Gasteiger partial charge >= 0.3 is 0 Å². The predicted molar refractivity (Wildman–Crippen MR) is 116 cm³/mol. The molecule has 0 unspecified atom stereocenters. The van der Waals surface area contributed by atoms with Crippen LogP contribution in [0.3, 0.4) is 0 Å². The summed E-state index contributed by atoms with van der Waals surface area (Å²) in [5.74, 6) is 0. The Morgan fingerprint density at radius 1 is 0.630 bits per heavy atom. The van der Waals surface area contributed by atoms with Gasteiger partial charge in [-0.3, -0.25) is 0 Å². The summed E-state index contributed by atoms with van der Waals surface area (Å²) < 4.78 is 0. The summed E-state index contributed by atoms with van der Waals surface area (Å²) in [6, 6.07) is 26.4. The van der Waals surface area contributed by atoms with E-state index in [1.54, 1.807) is 0 Å². The lowest BCUT2D eigenvalue weighted by molar-refractivity contribution is -0.00000641. The van der Waals surface area contributed by atoms with Crippen molar-refractivity contribution in [3.63, 3.8) is 0 Å². The molecule has 142 valence electrons. The van der Waals surface area contributed by atoms with Gasteiger partial charge in [-0.25, -0.2) is 0 Å². The highest BCUT2D eigenvalue weighted by Crippen LogP contribution is 2.57. The van der Waals surface area contributed by atoms with E-state index < -0.39 is 7.26 Å². The molecular formula is C24H28BrOP. The number of halogens is 1. The van der Waals surface area contributed by atoms with Crippen LogP contribution in [0.25, 0.3) is 0 Å². The van der Waals surface area contributed by atoms with Crippen molar-refractivity contribution < 1.29 is 22.1 Å². The Hall–Kier alpha value is -1.47. The zero-order valence-corrected chi connectivity index (χ0v) is 18.8. The molecule has 0 heterocycles. The van der Waals surface area contributed by atoms with E-state index in [2.05, 4.69) is 93.6 Å². The van der Waals surface area contributed by atoms with Crippen LogP contribution in [0, 0.1) is 20.8 Å². The highest BCUT2D eigenvalue weighted by molar-refractivity contribution is 7.96. The van der Waals surface area contributed by atoms with E-state index in [-0.39, 0.29) is 23.6 Å². The van der Waals surface area contributed by atoms with Gasteiger partial charge in [0.1, 0.15) is 23.2 Å². The fourth-order valence-corrected chi connectivity index (χ4v) is 9.20. The zero-order chi connectivity index (χ0) is 18.6. The first-order chi connectivity index (χ1) is 12.6. The van der Waals surface area contributed by atoms with Crippen LogP contribution in [0.2, 0.25) is 0 Å². The summed E-state index contributed by atoms with van der Waals surface area (Å²) >= 11 is 0. The third-order valence-electron chi connectivity index (χ3n) is 5.23. The topological polar surface area (TPSA) is 20.2 Å². The molecule has 3 heteroatoms. The van der Waals surface area contributed by atoms with Gasteiger partial charge in [0.05, 0.1) is 6.16 Å². The monoisotopic (exact) mass is 442 g/mol. The Kier molecular flexibility index (Phi) is 7.79. The van der Waals surface area contributed by atoms with Crippen molar-refractivity contribution in [1.29, 1.82) is 0 Å². The number of hydrogen-bond acceptors (Lipinski definition) is 1. The highest BCUT2D eigenvalue weighted by atomic mass is 79.9. The van der Waals surface area contributed by atoms with Crippen LogP contribution < -0.4 is 32.9 Å². The van der Waals surface area contributed by atoms with Crippen LogP contribution in [0.5, 0.6) is 0 Å². The summed E-state index contributed by atoms with van der Waals surface area (Å²) in [6.07, 6.45) is 1.80. The van der Waals surface area contributed by atoms with Gasteiger partial charge in [0.15, 0.2) is 0 Å². The zero-order valence-electron chi connectivity index (χ0n) is 16.3. The number of aliphatic hydroxyl groups is 1. The second kappa shape index (κ2) is 9.64. The van der Waals surface area contributed by atoms with E-state index in [1.165, 1.54) is 32.6 Å². The number of rotatable bonds is 6. The second-order valence-electron chi connectivity index (χ2n) is 6.97. The minimum absolute atomic E-state index is 0. The Morgan fingerprint density at radius 3 is 1.26 bits per heavy atom.